The summed E-state index contributed by atoms with van der Waals surface area (Å²) < 4.78 is 16.1. The number of nitrogens with zero attached hydrogens (tertiary/aromatic N) is 3. The van der Waals surface area contributed by atoms with Crippen molar-refractivity contribution in [3.05, 3.63) is 113 Å². The van der Waals surface area contributed by atoms with E-state index in [1.54, 1.807) is 19.2 Å². The molecule has 3 heterocycles. The maximum absolute atomic E-state index is 14.0. The molecule has 1 aliphatic rings. The molecule has 4 nitrogen and oxygen atoms in total. The predicted molar refractivity (Wildman–Crippen MR) is 130 cm³/mol. The smallest absolute Gasteiger partial charge is 0.174 e. The van der Waals surface area contributed by atoms with Crippen LogP contribution in [-0.4, -0.2) is 14.7 Å². The van der Waals surface area contributed by atoms with Gasteiger partial charge < -0.3 is 14.8 Å². The Bertz CT molecular complexity index is 1290. The normalized spacial score (nSPS) is 18.1. The first-order valence-corrected chi connectivity index (χ1v) is 11.0. The molecule has 1 aliphatic heterocycles. The molecule has 2 atom stereocenters. The van der Waals surface area contributed by atoms with Crippen LogP contribution in [0.15, 0.2) is 85.2 Å². The fourth-order valence-corrected chi connectivity index (χ4v) is 4.74. The van der Waals surface area contributed by atoms with Crippen LogP contribution in [0, 0.1) is 12.7 Å². The summed E-state index contributed by atoms with van der Waals surface area (Å²) >= 11 is 12.0. The second-order valence-corrected chi connectivity index (χ2v) is 8.54. The van der Waals surface area contributed by atoms with Crippen molar-refractivity contribution in [2.45, 2.75) is 19.0 Å². The number of thiocarbonyl (C=S) groups is 1. The quantitative estimate of drug-likeness (QED) is 0.369. The standard InChI is InChI=1S/C25H20ClFN4S/c1-16-14-19(10-11-20(16)27)31-24(23(29-25(31)32)21-8-2-3-12-28-21)22-9-5-13-30(22)18-7-4-6-17(26)15-18/h2-15,23-24H,1H3,(H,29,32)/t23-,24+/m0/s1. The number of pyridine rings is 1. The van der Waals surface area contributed by atoms with Gasteiger partial charge in [-0.05, 0) is 85.4 Å². The molecule has 4 aromatic rings. The fourth-order valence-electron chi connectivity index (χ4n) is 4.21. The summed E-state index contributed by atoms with van der Waals surface area (Å²) in [5.74, 6) is -0.244. The van der Waals surface area contributed by atoms with Crippen LogP contribution in [0.25, 0.3) is 5.69 Å². The zero-order valence-electron chi connectivity index (χ0n) is 17.2. The zero-order chi connectivity index (χ0) is 22.2. The molecule has 32 heavy (non-hydrogen) atoms. The van der Waals surface area contributed by atoms with Crippen molar-refractivity contribution >= 4 is 34.6 Å². The lowest BCUT2D eigenvalue weighted by Crippen LogP contribution is -2.30. The highest BCUT2D eigenvalue weighted by Crippen LogP contribution is 2.42. The summed E-state index contributed by atoms with van der Waals surface area (Å²) in [7, 11) is 0. The maximum Gasteiger partial charge on any atom is 0.174 e. The largest absolute Gasteiger partial charge is 0.351 e. The van der Waals surface area contributed by atoms with Crippen molar-refractivity contribution in [2.24, 2.45) is 0 Å². The maximum atomic E-state index is 14.0. The summed E-state index contributed by atoms with van der Waals surface area (Å²) in [4.78, 5) is 6.63. The minimum absolute atomic E-state index is 0.193. The van der Waals surface area contributed by atoms with Crippen LogP contribution < -0.4 is 10.2 Å². The van der Waals surface area contributed by atoms with Crippen LogP contribution in [0.2, 0.25) is 5.02 Å². The van der Waals surface area contributed by atoms with Crippen molar-refractivity contribution in [3.63, 3.8) is 0 Å². The number of halogens is 2. The van der Waals surface area contributed by atoms with Gasteiger partial charge in [-0.25, -0.2) is 4.39 Å². The Labute approximate surface area is 196 Å². The van der Waals surface area contributed by atoms with E-state index in [-0.39, 0.29) is 17.9 Å². The molecular formula is C25H20ClFN4S. The lowest BCUT2D eigenvalue weighted by Gasteiger charge is -2.29. The summed E-state index contributed by atoms with van der Waals surface area (Å²) in [6, 6.07) is 22.3. The lowest BCUT2D eigenvalue weighted by atomic mass is 10.0. The van der Waals surface area contributed by atoms with Crippen LogP contribution in [0.4, 0.5) is 10.1 Å². The van der Waals surface area contributed by atoms with Crippen LogP contribution >= 0.6 is 23.8 Å². The Morgan fingerprint density at radius 2 is 1.88 bits per heavy atom. The van der Waals surface area contributed by atoms with Gasteiger partial charge in [-0.2, -0.15) is 0 Å². The number of aromatic nitrogens is 2. The molecule has 0 aliphatic carbocycles. The van der Waals surface area contributed by atoms with E-state index in [0.717, 1.165) is 22.8 Å². The molecule has 0 amide bonds. The lowest BCUT2D eigenvalue weighted by molar-refractivity contribution is 0.549. The molecule has 2 aromatic heterocycles. The van der Waals surface area contributed by atoms with Gasteiger partial charge >= 0.3 is 0 Å². The molecule has 0 bridgehead atoms. The van der Waals surface area contributed by atoms with E-state index in [1.807, 2.05) is 65.7 Å². The van der Waals surface area contributed by atoms with E-state index in [2.05, 4.69) is 20.9 Å². The van der Waals surface area contributed by atoms with E-state index in [9.17, 15) is 4.39 Å². The number of anilines is 1. The van der Waals surface area contributed by atoms with E-state index >= 15 is 0 Å². The first kappa shape index (κ1) is 20.7. The second-order valence-electron chi connectivity index (χ2n) is 7.71. The second kappa shape index (κ2) is 8.37. The molecule has 1 saturated heterocycles. The van der Waals surface area contributed by atoms with Gasteiger partial charge in [0.15, 0.2) is 5.11 Å². The Kier molecular flexibility index (Phi) is 5.41. The molecule has 0 radical (unpaired) electrons. The highest BCUT2D eigenvalue weighted by atomic mass is 35.5. The van der Waals surface area contributed by atoms with Crippen LogP contribution in [0.3, 0.4) is 0 Å². The Hall–Kier alpha value is -3.22. The van der Waals surface area contributed by atoms with Gasteiger partial charge in [0.1, 0.15) is 11.9 Å². The van der Waals surface area contributed by atoms with Gasteiger partial charge in [0, 0.05) is 34.5 Å². The zero-order valence-corrected chi connectivity index (χ0v) is 18.8. The van der Waals surface area contributed by atoms with Gasteiger partial charge in [0.25, 0.3) is 0 Å². The third-order valence-corrected chi connectivity index (χ3v) is 6.24. The minimum Gasteiger partial charge on any atom is -0.351 e. The number of benzene rings is 2. The van der Waals surface area contributed by atoms with E-state index in [0.29, 0.717) is 15.7 Å². The highest BCUT2D eigenvalue weighted by molar-refractivity contribution is 7.80. The van der Waals surface area contributed by atoms with E-state index < -0.39 is 0 Å². The number of nitrogens with one attached hydrogen (secondary N) is 1. The fraction of sp³-hybridized carbons (Fsp3) is 0.120. The van der Waals surface area contributed by atoms with Gasteiger partial charge in [-0.3, -0.25) is 4.98 Å². The first-order valence-electron chi connectivity index (χ1n) is 10.2. The number of hydrogen-bond acceptors (Lipinski definition) is 2. The van der Waals surface area contributed by atoms with E-state index in [1.165, 1.54) is 6.07 Å². The van der Waals surface area contributed by atoms with Crippen LogP contribution in [0.5, 0.6) is 0 Å². The Morgan fingerprint density at radius 1 is 1.00 bits per heavy atom. The van der Waals surface area contributed by atoms with Crippen LogP contribution in [-0.2, 0) is 0 Å². The van der Waals surface area contributed by atoms with Crippen molar-refractivity contribution in [2.75, 3.05) is 4.90 Å². The summed E-state index contributed by atoms with van der Waals surface area (Å²) in [5, 5.41) is 4.67. The average molecular weight is 463 g/mol. The van der Waals surface area contributed by atoms with Gasteiger partial charge in [0.2, 0.25) is 0 Å². The van der Waals surface area contributed by atoms with Crippen molar-refractivity contribution < 1.29 is 4.39 Å². The summed E-state index contributed by atoms with van der Waals surface area (Å²) in [6.45, 7) is 1.76. The molecule has 0 saturated carbocycles. The Balaban J connectivity index is 1.68. The molecule has 5 rings (SSSR count). The van der Waals surface area contributed by atoms with E-state index in [4.69, 9.17) is 23.8 Å². The Morgan fingerprint density at radius 3 is 2.62 bits per heavy atom. The van der Waals surface area contributed by atoms with Crippen molar-refractivity contribution in [1.82, 2.24) is 14.9 Å². The van der Waals surface area contributed by atoms with Gasteiger partial charge in [-0.1, -0.05) is 23.7 Å². The molecule has 1 fully saturated rings. The summed E-state index contributed by atoms with van der Waals surface area (Å²) in [5.41, 5.74) is 4.22. The molecule has 2 aromatic carbocycles. The van der Waals surface area contributed by atoms with Crippen molar-refractivity contribution in [1.29, 1.82) is 0 Å². The molecule has 1 N–H and O–H groups in total. The SMILES string of the molecule is Cc1cc(N2C(=S)N[C@@H](c3ccccn3)[C@H]2c2cccn2-c2cccc(Cl)c2)ccc1F. The van der Waals surface area contributed by atoms with Crippen LogP contribution in [0.1, 0.15) is 29.0 Å². The van der Waals surface area contributed by atoms with Gasteiger partial charge in [-0.15, -0.1) is 0 Å². The number of aryl methyl sites for hydroxylation is 1. The molecule has 0 spiro atoms. The monoisotopic (exact) mass is 462 g/mol. The third kappa shape index (κ3) is 3.66. The average Bonchev–Trinajstić information content (AvgIpc) is 3.40. The number of rotatable bonds is 4. The predicted octanol–water partition coefficient (Wildman–Crippen LogP) is 6.15. The summed E-state index contributed by atoms with van der Waals surface area (Å²) in [6.07, 6.45) is 3.78. The molecular weight excluding hydrogens is 443 g/mol. The number of hydrogen-bond donors (Lipinski definition) is 1. The minimum atomic E-state index is -0.244. The van der Waals surface area contributed by atoms with Gasteiger partial charge in [0.05, 0.1) is 11.7 Å². The third-order valence-electron chi connectivity index (χ3n) is 5.69. The molecule has 0 unspecified atom stereocenters. The topological polar surface area (TPSA) is 33.1 Å². The van der Waals surface area contributed by atoms with Crippen molar-refractivity contribution in [3.8, 4) is 5.69 Å². The molecule has 7 heteroatoms. The first-order chi connectivity index (χ1) is 15.5. The molecule has 160 valence electrons. The highest BCUT2D eigenvalue weighted by Gasteiger charge is 2.42.